The van der Waals surface area contributed by atoms with Crippen molar-refractivity contribution in [3.8, 4) is 0 Å². The standard InChI is InChI=1S/C9H18N2OS/c10-9(3-4-9)5-6-11-13(12)7-1-2-8-13/h1-8,10H2. The zero-order valence-electron chi connectivity index (χ0n) is 8.00. The van der Waals surface area contributed by atoms with Gasteiger partial charge in [0, 0.05) is 26.8 Å². The summed E-state index contributed by atoms with van der Waals surface area (Å²) in [5, 5.41) is 0. The summed E-state index contributed by atoms with van der Waals surface area (Å²) in [6.07, 6.45) is 5.38. The molecule has 2 N–H and O–H groups in total. The summed E-state index contributed by atoms with van der Waals surface area (Å²) < 4.78 is 16.2. The molecule has 1 aliphatic carbocycles. The lowest BCUT2D eigenvalue weighted by molar-refractivity contribution is 0.618. The Morgan fingerprint density at radius 3 is 2.46 bits per heavy atom. The molecule has 13 heavy (non-hydrogen) atoms. The first kappa shape index (κ1) is 9.46. The fourth-order valence-electron chi connectivity index (χ4n) is 1.73. The predicted octanol–water partition coefficient (Wildman–Crippen LogP) is 1.13. The quantitative estimate of drug-likeness (QED) is 0.746. The molecule has 0 spiro atoms. The van der Waals surface area contributed by atoms with Gasteiger partial charge in [0.15, 0.2) is 0 Å². The number of hydrogen-bond donors (Lipinski definition) is 1. The minimum Gasteiger partial charge on any atom is -0.325 e. The molecule has 2 fully saturated rings. The van der Waals surface area contributed by atoms with Crippen LogP contribution in [0.5, 0.6) is 0 Å². The zero-order valence-corrected chi connectivity index (χ0v) is 8.81. The van der Waals surface area contributed by atoms with Crippen molar-refractivity contribution in [2.75, 3.05) is 18.1 Å². The minimum absolute atomic E-state index is 0.0674. The van der Waals surface area contributed by atoms with Gasteiger partial charge >= 0.3 is 0 Å². The molecule has 1 saturated carbocycles. The largest absolute Gasteiger partial charge is 0.325 e. The molecular weight excluding hydrogens is 184 g/mol. The average molecular weight is 202 g/mol. The van der Waals surface area contributed by atoms with E-state index in [9.17, 15) is 4.21 Å². The van der Waals surface area contributed by atoms with Crippen LogP contribution >= 0.6 is 0 Å². The first-order chi connectivity index (χ1) is 6.12. The van der Waals surface area contributed by atoms with Crippen molar-refractivity contribution in [2.45, 2.75) is 37.6 Å². The van der Waals surface area contributed by atoms with E-state index in [4.69, 9.17) is 5.73 Å². The fraction of sp³-hybridized carbons (Fsp3) is 1.00. The lowest BCUT2D eigenvalue weighted by Gasteiger charge is -2.05. The lowest BCUT2D eigenvalue weighted by Crippen LogP contribution is -2.22. The third-order valence-electron chi connectivity index (χ3n) is 3.01. The number of rotatable bonds is 3. The second-order valence-electron chi connectivity index (χ2n) is 4.35. The molecule has 2 aliphatic rings. The molecule has 0 aromatic heterocycles. The number of nitrogens with two attached hydrogens (primary N) is 1. The van der Waals surface area contributed by atoms with Gasteiger partial charge in [-0.05, 0) is 32.1 Å². The molecule has 0 atom stereocenters. The Balaban J connectivity index is 1.85. The molecule has 0 aromatic rings. The second kappa shape index (κ2) is 3.24. The van der Waals surface area contributed by atoms with E-state index in [1.54, 1.807) is 0 Å². The van der Waals surface area contributed by atoms with E-state index >= 15 is 0 Å². The van der Waals surface area contributed by atoms with Gasteiger partial charge in [-0.1, -0.05) is 0 Å². The maximum atomic E-state index is 11.9. The molecule has 1 saturated heterocycles. The molecule has 2 rings (SSSR count). The van der Waals surface area contributed by atoms with Crippen LogP contribution in [-0.2, 0) is 9.73 Å². The van der Waals surface area contributed by atoms with Gasteiger partial charge in [0.25, 0.3) is 0 Å². The molecule has 1 aliphatic heterocycles. The second-order valence-corrected chi connectivity index (χ2v) is 6.97. The average Bonchev–Trinajstić information content (AvgIpc) is 2.62. The molecule has 0 radical (unpaired) electrons. The fourth-order valence-corrected chi connectivity index (χ4v) is 3.93. The van der Waals surface area contributed by atoms with Crippen molar-refractivity contribution in [1.82, 2.24) is 0 Å². The Hall–Kier alpha value is -0.0900. The van der Waals surface area contributed by atoms with Crippen LogP contribution in [0, 0.1) is 0 Å². The Morgan fingerprint density at radius 1 is 1.31 bits per heavy atom. The van der Waals surface area contributed by atoms with Crippen LogP contribution < -0.4 is 5.73 Å². The van der Waals surface area contributed by atoms with Crippen LogP contribution in [0.25, 0.3) is 0 Å². The van der Waals surface area contributed by atoms with E-state index < -0.39 is 9.73 Å². The van der Waals surface area contributed by atoms with Gasteiger partial charge in [-0.25, -0.2) is 8.57 Å². The van der Waals surface area contributed by atoms with Gasteiger partial charge in [0.05, 0.1) is 6.54 Å². The highest BCUT2D eigenvalue weighted by atomic mass is 32.2. The Labute approximate surface area is 80.3 Å². The molecule has 0 amide bonds. The maximum absolute atomic E-state index is 11.9. The van der Waals surface area contributed by atoms with Gasteiger partial charge in [-0.15, -0.1) is 0 Å². The van der Waals surface area contributed by atoms with E-state index in [0.717, 1.165) is 50.2 Å². The van der Waals surface area contributed by atoms with Gasteiger partial charge in [-0.2, -0.15) is 0 Å². The molecule has 3 nitrogen and oxygen atoms in total. The summed E-state index contributed by atoms with van der Waals surface area (Å²) in [4.78, 5) is 0. The first-order valence-electron chi connectivity index (χ1n) is 5.09. The topological polar surface area (TPSA) is 55.4 Å². The minimum atomic E-state index is -1.78. The maximum Gasteiger partial charge on any atom is 0.0501 e. The Bertz CT molecular complexity index is 289. The Kier molecular flexibility index (Phi) is 2.36. The monoisotopic (exact) mass is 202 g/mol. The molecule has 76 valence electrons. The number of hydrogen-bond acceptors (Lipinski definition) is 3. The smallest absolute Gasteiger partial charge is 0.0501 e. The van der Waals surface area contributed by atoms with Crippen LogP contribution in [-0.4, -0.2) is 27.8 Å². The predicted molar refractivity (Wildman–Crippen MR) is 55.2 cm³/mol. The summed E-state index contributed by atoms with van der Waals surface area (Å²) in [7, 11) is -1.78. The van der Waals surface area contributed by atoms with E-state index in [0.29, 0.717) is 0 Å². The van der Waals surface area contributed by atoms with Crippen molar-refractivity contribution in [3.05, 3.63) is 0 Å². The van der Waals surface area contributed by atoms with E-state index in [-0.39, 0.29) is 5.54 Å². The Morgan fingerprint density at radius 2 is 1.92 bits per heavy atom. The van der Waals surface area contributed by atoms with Crippen LogP contribution in [0.15, 0.2) is 4.36 Å². The van der Waals surface area contributed by atoms with Crippen LogP contribution in [0.4, 0.5) is 0 Å². The van der Waals surface area contributed by atoms with Gasteiger partial charge in [0.1, 0.15) is 0 Å². The highest BCUT2D eigenvalue weighted by Gasteiger charge is 2.37. The van der Waals surface area contributed by atoms with E-state index in [1.807, 2.05) is 0 Å². The van der Waals surface area contributed by atoms with Crippen molar-refractivity contribution in [1.29, 1.82) is 0 Å². The van der Waals surface area contributed by atoms with Crippen molar-refractivity contribution < 1.29 is 4.21 Å². The number of nitrogens with zero attached hydrogens (tertiary/aromatic N) is 1. The van der Waals surface area contributed by atoms with Crippen molar-refractivity contribution >= 4 is 9.73 Å². The highest BCUT2D eigenvalue weighted by molar-refractivity contribution is 7.93. The normalized spacial score (nSPS) is 28.7. The lowest BCUT2D eigenvalue weighted by atomic mass is 10.2. The third kappa shape index (κ3) is 2.44. The van der Waals surface area contributed by atoms with Gasteiger partial charge in [-0.3, -0.25) is 0 Å². The SMILES string of the molecule is NC1(CCN=S2(=O)CCCC2)CC1. The molecular formula is C9H18N2OS. The summed E-state index contributed by atoms with van der Waals surface area (Å²) >= 11 is 0. The van der Waals surface area contributed by atoms with E-state index in [1.165, 1.54) is 0 Å². The summed E-state index contributed by atoms with van der Waals surface area (Å²) in [6, 6.07) is 0. The molecule has 0 unspecified atom stereocenters. The van der Waals surface area contributed by atoms with Gasteiger partial charge in [0.2, 0.25) is 0 Å². The third-order valence-corrected chi connectivity index (χ3v) is 5.51. The summed E-state index contributed by atoms with van der Waals surface area (Å²) in [6.45, 7) is 0.718. The molecule has 4 heteroatoms. The highest BCUT2D eigenvalue weighted by Crippen LogP contribution is 2.35. The molecule has 0 bridgehead atoms. The van der Waals surface area contributed by atoms with Crippen LogP contribution in [0.3, 0.4) is 0 Å². The van der Waals surface area contributed by atoms with E-state index in [2.05, 4.69) is 4.36 Å². The first-order valence-corrected chi connectivity index (χ1v) is 6.95. The summed E-state index contributed by atoms with van der Waals surface area (Å²) in [5.41, 5.74) is 5.99. The van der Waals surface area contributed by atoms with Crippen molar-refractivity contribution in [3.63, 3.8) is 0 Å². The van der Waals surface area contributed by atoms with Crippen LogP contribution in [0.1, 0.15) is 32.1 Å². The molecule has 1 heterocycles. The van der Waals surface area contributed by atoms with Gasteiger partial charge < -0.3 is 5.73 Å². The molecule has 0 aromatic carbocycles. The summed E-state index contributed by atoms with van der Waals surface area (Å²) in [5.74, 6) is 1.65. The van der Waals surface area contributed by atoms with Crippen molar-refractivity contribution in [2.24, 2.45) is 10.1 Å². The zero-order chi connectivity index (χ0) is 9.36. The van der Waals surface area contributed by atoms with Crippen LogP contribution in [0.2, 0.25) is 0 Å².